The summed E-state index contributed by atoms with van der Waals surface area (Å²) < 4.78 is 0. The Balaban J connectivity index is 3.06. The molecule has 0 aromatic carbocycles. The summed E-state index contributed by atoms with van der Waals surface area (Å²) in [5.41, 5.74) is 2.02. The van der Waals surface area contributed by atoms with Crippen molar-refractivity contribution in [2.24, 2.45) is 0 Å². The summed E-state index contributed by atoms with van der Waals surface area (Å²) in [6.07, 6.45) is 6.34. The van der Waals surface area contributed by atoms with Crippen LogP contribution in [0.1, 0.15) is 13.8 Å². The number of aliphatic hydroxyl groups excluding tert-OH is 1. The van der Waals surface area contributed by atoms with Crippen molar-refractivity contribution in [1.82, 2.24) is 0 Å². The van der Waals surface area contributed by atoms with Gasteiger partial charge in [-0.15, -0.1) is 0 Å². The summed E-state index contributed by atoms with van der Waals surface area (Å²) in [5.74, 6) is 0.259. The Morgan fingerprint density at radius 3 is 2.56 bits per heavy atom. The van der Waals surface area contributed by atoms with E-state index in [0.29, 0.717) is 0 Å². The molecule has 0 spiro atoms. The van der Waals surface area contributed by atoms with Crippen LogP contribution in [0.3, 0.4) is 0 Å². The summed E-state index contributed by atoms with van der Waals surface area (Å²) in [4.78, 5) is 0. The second kappa shape index (κ2) is 2.04. The number of hydrogen-bond acceptors (Lipinski definition) is 1. The first-order valence-electron chi connectivity index (χ1n) is 2.88. The van der Waals surface area contributed by atoms with Gasteiger partial charge in [-0.2, -0.15) is 0 Å². The normalized spacial score (nSPS) is 17.3. The molecule has 0 saturated carbocycles. The van der Waals surface area contributed by atoms with Crippen LogP contribution in [0.5, 0.6) is 0 Å². The summed E-state index contributed by atoms with van der Waals surface area (Å²) in [6.45, 7) is 3.84. The molecule has 0 saturated heterocycles. The topological polar surface area (TPSA) is 20.2 Å². The van der Waals surface area contributed by atoms with Gasteiger partial charge in [-0.05, 0) is 6.92 Å². The highest BCUT2D eigenvalue weighted by molar-refractivity contribution is 5.38. The minimum atomic E-state index is 0.259. The van der Waals surface area contributed by atoms with Gasteiger partial charge in [0.2, 0.25) is 0 Å². The summed E-state index contributed by atoms with van der Waals surface area (Å²) in [6, 6.07) is 0. The van der Waals surface area contributed by atoms with Crippen LogP contribution in [-0.4, -0.2) is 5.11 Å². The van der Waals surface area contributed by atoms with E-state index in [2.05, 4.69) is 6.08 Å². The first-order chi connectivity index (χ1) is 4.22. The Bertz CT molecular complexity index is 207. The van der Waals surface area contributed by atoms with Crippen molar-refractivity contribution in [3.63, 3.8) is 0 Å². The maximum atomic E-state index is 9.04. The highest BCUT2D eigenvalue weighted by atomic mass is 16.3. The molecule has 1 aliphatic rings. The van der Waals surface area contributed by atoms with Crippen LogP contribution in [0.25, 0.3) is 0 Å². The van der Waals surface area contributed by atoms with Gasteiger partial charge in [-0.1, -0.05) is 0 Å². The minimum Gasteiger partial charge on any atom is -0.481 e. The molecule has 0 aromatic heterocycles. The van der Waals surface area contributed by atoms with E-state index in [0.717, 1.165) is 11.1 Å². The van der Waals surface area contributed by atoms with Gasteiger partial charge in [0.05, 0.1) is 17.7 Å². The van der Waals surface area contributed by atoms with Gasteiger partial charge >= 0.3 is 0 Å². The van der Waals surface area contributed by atoms with Crippen LogP contribution in [0.15, 0.2) is 29.1 Å². The first kappa shape index (κ1) is 6.06. The van der Waals surface area contributed by atoms with Crippen LogP contribution in [-0.2, 0) is 0 Å². The molecule has 1 nitrogen and oxygen atoms in total. The molecule has 1 rings (SSSR count). The predicted molar refractivity (Wildman–Crippen MR) is 36.9 cm³/mol. The molecule has 0 amide bonds. The number of aliphatic hydroxyl groups is 1. The van der Waals surface area contributed by atoms with Crippen LogP contribution >= 0.6 is 0 Å². The van der Waals surface area contributed by atoms with Crippen LogP contribution < -0.4 is 0 Å². The quantitative estimate of drug-likeness (QED) is 0.487. The molecule has 1 aliphatic carbocycles. The molecule has 1 N–H and O–H groups in total. The molecule has 0 unspecified atom stereocenters. The lowest BCUT2D eigenvalue weighted by Gasteiger charge is -1.94. The molecule has 0 radical (unpaired) electrons. The van der Waals surface area contributed by atoms with Gasteiger partial charge in [-0.3, -0.25) is 0 Å². The van der Waals surface area contributed by atoms with E-state index in [4.69, 9.17) is 5.11 Å². The average molecular weight is 121 g/mol. The third kappa shape index (κ3) is 1.01. The Kier molecular flexibility index (Phi) is 1.37. The Morgan fingerprint density at radius 2 is 2.11 bits per heavy atom. The van der Waals surface area contributed by atoms with E-state index >= 15 is 0 Å². The monoisotopic (exact) mass is 121 g/mol. The molecule has 0 bridgehead atoms. The average Bonchev–Trinajstić information content (AvgIpc) is 1.83. The Labute approximate surface area is 55.0 Å². The van der Waals surface area contributed by atoms with Crippen molar-refractivity contribution >= 4 is 0 Å². The lowest BCUT2D eigenvalue weighted by Crippen LogP contribution is -1.90. The number of allylic oxidation sites excluding steroid dienone is 5. The van der Waals surface area contributed by atoms with E-state index in [-0.39, 0.29) is 5.76 Å². The molecule has 9 heavy (non-hydrogen) atoms. The lowest BCUT2D eigenvalue weighted by molar-refractivity contribution is 0.419. The first-order valence-corrected chi connectivity index (χ1v) is 2.88. The third-order valence-corrected chi connectivity index (χ3v) is 1.50. The minimum absolute atomic E-state index is 0.259. The molecule has 0 heterocycles. The molecule has 0 aliphatic heterocycles. The number of rotatable bonds is 0. The molecule has 0 fully saturated rings. The maximum absolute atomic E-state index is 9.04. The van der Waals surface area contributed by atoms with Gasteiger partial charge in [0, 0.05) is 6.92 Å². The molecular formula is C8H9O+. The summed E-state index contributed by atoms with van der Waals surface area (Å²) in [7, 11) is 0. The van der Waals surface area contributed by atoms with Crippen molar-refractivity contribution in [3.05, 3.63) is 35.1 Å². The highest BCUT2D eigenvalue weighted by Gasteiger charge is 2.12. The van der Waals surface area contributed by atoms with Crippen molar-refractivity contribution < 1.29 is 5.11 Å². The molecule has 46 valence electrons. The second-order valence-electron chi connectivity index (χ2n) is 2.13. The van der Waals surface area contributed by atoms with Crippen molar-refractivity contribution in [1.29, 1.82) is 0 Å². The van der Waals surface area contributed by atoms with E-state index in [9.17, 15) is 0 Å². The van der Waals surface area contributed by atoms with E-state index in [1.165, 1.54) is 0 Å². The molecule has 1 heteroatoms. The van der Waals surface area contributed by atoms with Crippen LogP contribution in [0.4, 0.5) is 0 Å². The summed E-state index contributed by atoms with van der Waals surface area (Å²) in [5, 5.41) is 9.04. The van der Waals surface area contributed by atoms with Gasteiger partial charge < -0.3 is 5.11 Å². The zero-order valence-corrected chi connectivity index (χ0v) is 5.60. The van der Waals surface area contributed by atoms with Crippen LogP contribution in [0, 0.1) is 6.08 Å². The van der Waals surface area contributed by atoms with Crippen LogP contribution in [0.2, 0.25) is 0 Å². The van der Waals surface area contributed by atoms with E-state index in [1.807, 2.05) is 19.9 Å². The third-order valence-electron chi connectivity index (χ3n) is 1.50. The fourth-order valence-corrected chi connectivity index (χ4v) is 0.666. The lowest BCUT2D eigenvalue weighted by atomic mass is 10.1. The highest BCUT2D eigenvalue weighted by Crippen LogP contribution is 2.15. The van der Waals surface area contributed by atoms with E-state index < -0.39 is 0 Å². The van der Waals surface area contributed by atoms with Crippen molar-refractivity contribution in [2.45, 2.75) is 13.8 Å². The van der Waals surface area contributed by atoms with E-state index in [1.54, 1.807) is 6.08 Å². The SMILES string of the molecule is CC1=C(C)C(O)=[C+]C=C1. The molecule has 0 atom stereocenters. The summed E-state index contributed by atoms with van der Waals surface area (Å²) >= 11 is 0. The Hall–Kier alpha value is -1.07. The van der Waals surface area contributed by atoms with Gasteiger partial charge in [0.15, 0.2) is 0 Å². The second-order valence-corrected chi connectivity index (χ2v) is 2.13. The predicted octanol–water partition coefficient (Wildman–Crippen LogP) is 2.14. The molecular weight excluding hydrogens is 112 g/mol. The molecule has 0 aromatic rings. The largest absolute Gasteiger partial charge is 0.481 e. The zero-order valence-electron chi connectivity index (χ0n) is 5.60. The fourth-order valence-electron chi connectivity index (χ4n) is 0.666. The standard InChI is InChI=1S/C8H8O/c1-6-4-3-5-8(9)7(6)2/h3-4H,1-2H3/p+1. The maximum Gasteiger partial charge on any atom is 0.289 e. The smallest absolute Gasteiger partial charge is 0.289 e. The number of hydrogen-bond donors (Lipinski definition) is 1. The van der Waals surface area contributed by atoms with Crippen molar-refractivity contribution in [2.75, 3.05) is 0 Å². The van der Waals surface area contributed by atoms with Crippen molar-refractivity contribution in [3.8, 4) is 0 Å². The fraction of sp³-hybridized carbons (Fsp3) is 0.250. The van der Waals surface area contributed by atoms with Gasteiger partial charge in [0.25, 0.3) is 5.76 Å². The Morgan fingerprint density at radius 1 is 1.44 bits per heavy atom. The van der Waals surface area contributed by atoms with Gasteiger partial charge in [-0.25, -0.2) is 0 Å². The zero-order chi connectivity index (χ0) is 6.85. The van der Waals surface area contributed by atoms with Gasteiger partial charge in [0.1, 0.15) is 11.6 Å².